The Morgan fingerprint density at radius 1 is 1.13 bits per heavy atom. The molecule has 0 aromatic heterocycles. The summed E-state index contributed by atoms with van der Waals surface area (Å²) in [6.07, 6.45) is 0.752. The fourth-order valence-corrected chi connectivity index (χ4v) is 1.41. The van der Waals surface area contributed by atoms with Gasteiger partial charge >= 0.3 is 0 Å². The third-order valence-electron chi connectivity index (χ3n) is 2.35. The molecule has 0 heterocycles. The van der Waals surface area contributed by atoms with Crippen molar-refractivity contribution in [3.05, 3.63) is 23.3 Å². The van der Waals surface area contributed by atoms with Crippen LogP contribution in [0.2, 0.25) is 0 Å². The maximum absolute atomic E-state index is 10.9. The van der Waals surface area contributed by atoms with Crippen LogP contribution in [0.1, 0.15) is 35.7 Å². The molecule has 0 radical (unpaired) electrons. The van der Waals surface area contributed by atoms with Crippen molar-refractivity contribution in [1.29, 1.82) is 0 Å². The minimum atomic E-state index is 0.369. The standard InChI is InChI=1S/C12H16O3/c1-8(2)9-5-11(14-3)10(7-13)12(6-9)15-4/h5-8H,1-4H3. The zero-order valence-electron chi connectivity index (χ0n) is 9.53. The molecule has 0 atom stereocenters. The van der Waals surface area contributed by atoms with Crippen molar-refractivity contribution < 1.29 is 14.3 Å². The largest absolute Gasteiger partial charge is 0.496 e. The quantitative estimate of drug-likeness (QED) is 0.713. The highest BCUT2D eigenvalue weighted by molar-refractivity contribution is 5.84. The molecule has 0 N–H and O–H groups in total. The van der Waals surface area contributed by atoms with Crippen molar-refractivity contribution in [3.63, 3.8) is 0 Å². The molecule has 0 aliphatic heterocycles. The maximum Gasteiger partial charge on any atom is 0.157 e. The average Bonchev–Trinajstić information content (AvgIpc) is 2.26. The van der Waals surface area contributed by atoms with Crippen LogP contribution in [0.15, 0.2) is 12.1 Å². The normalized spacial score (nSPS) is 10.2. The van der Waals surface area contributed by atoms with Crippen LogP contribution in [0, 0.1) is 0 Å². The lowest BCUT2D eigenvalue weighted by Gasteiger charge is -2.13. The molecule has 0 saturated heterocycles. The number of carbonyl (C=O) groups is 1. The number of hydrogen-bond donors (Lipinski definition) is 0. The van der Waals surface area contributed by atoms with Gasteiger partial charge in [-0.2, -0.15) is 0 Å². The number of aldehydes is 1. The SMILES string of the molecule is COc1cc(C(C)C)cc(OC)c1C=O. The topological polar surface area (TPSA) is 35.5 Å². The number of rotatable bonds is 4. The highest BCUT2D eigenvalue weighted by Crippen LogP contribution is 2.31. The fraction of sp³-hybridized carbons (Fsp3) is 0.417. The van der Waals surface area contributed by atoms with E-state index in [1.807, 2.05) is 12.1 Å². The van der Waals surface area contributed by atoms with Gasteiger partial charge in [-0.25, -0.2) is 0 Å². The van der Waals surface area contributed by atoms with Crippen LogP contribution in [0.25, 0.3) is 0 Å². The molecule has 82 valence electrons. The molecule has 1 aromatic carbocycles. The van der Waals surface area contributed by atoms with Gasteiger partial charge in [0.15, 0.2) is 6.29 Å². The van der Waals surface area contributed by atoms with Crippen LogP contribution in [0.3, 0.4) is 0 Å². The molecule has 0 aliphatic carbocycles. The summed E-state index contributed by atoms with van der Waals surface area (Å²) in [5.74, 6) is 1.50. The summed E-state index contributed by atoms with van der Waals surface area (Å²) in [5, 5.41) is 0. The van der Waals surface area contributed by atoms with Gasteiger partial charge in [-0.1, -0.05) is 13.8 Å². The Labute approximate surface area is 90.0 Å². The van der Waals surface area contributed by atoms with Crippen LogP contribution in [-0.4, -0.2) is 20.5 Å². The first-order valence-electron chi connectivity index (χ1n) is 4.85. The van der Waals surface area contributed by atoms with Gasteiger partial charge in [0, 0.05) is 0 Å². The smallest absolute Gasteiger partial charge is 0.157 e. The molecule has 1 aromatic rings. The first-order valence-corrected chi connectivity index (χ1v) is 4.85. The summed E-state index contributed by atoms with van der Waals surface area (Å²) < 4.78 is 10.3. The molecule has 15 heavy (non-hydrogen) atoms. The van der Waals surface area contributed by atoms with Crippen LogP contribution in [-0.2, 0) is 0 Å². The van der Waals surface area contributed by atoms with E-state index in [4.69, 9.17) is 9.47 Å². The first-order chi connectivity index (χ1) is 7.13. The average molecular weight is 208 g/mol. The van der Waals surface area contributed by atoms with Gasteiger partial charge in [-0.05, 0) is 23.6 Å². The van der Waals surface area contributed by atoms with Crippen molar-refractivity contribution in [3.8, 4) is 11.5 Å². The minimum absolute atomic E-state index is 0.369. The third kappa shape index (κ3) is 2.29. The molecule has 0 spiro atoms. The predicted molar refractivity (Wildman–Crippen MR) is 59.0 cm³/mol. The predicted octanol–water partition coefficient (Wildman–Crippen LogP) is 2.64. The molecular formula is C12H16O3. The Morgan fingerprint density at radius 3 is 1.87 bits per heavy atom. The number of methoxy groups -OCH3 is 2. The van der Waals surface area contributed by atoms with E-state index in [0.29, 0.717) is 23.0 Å². The van der Waals surface area contributed by atoms with Gasteiger partial charge in [0.1, 0.15) is 11.5 Å². The van der Waals surface area contributed by atoms with Gasteiger partial charge in [-0.15, -0.1) is 0 Å². The van der Waals surface area contributed by atoms with E-state index in [-0.39, 0.29) is 0 Å². The van der Waals surface area contributed by atoms with Crippen molar-refractivity contribution >= 4 is 6.29 Å². The molecule has 0 bridgehead atoms. The summed E-state index contributed by atoms with van der Waals surface area (Å²) in [6, 6.07) is 3.74. The zero-order valence-corrected chi connectivity index (χ0v) is 9.53. The second-order valence-electron chi connectivity index (χ2n) is 3.61. The van der Waals surface area contributed by atoms with Crippen molar-refractivity contribution in [2.45, 2.75) is 19.8 Å². The van der Waals surface area contributed by atoms with E-state index in [1.165, 1.54) is 0 Å². The van der Waals surface area contributed by atoms with Gasteiger partial charge in [0.25, 0.3) is 0 Å². The molecule has 0 aliphatic rings. The van der Waals surface area contributed by atoms with E-state index < -0.39 is 0 Å². The summed E-state index contributed by atoms with van der Waals surface area (Å²) in [7, 11) is 3.10. The number of ether oxygens (including phenoxy) is 2. The first kappa shape index (κ1) is 11.6. The fourth-order valence-electron chi connectivity index (χ4n) is 1.41. The Balaban J connectivity index is 3.35. The number of carbonyl (C=O) groups excluding carboxylic acids is 1. The van der Waals surface area contributed by atoms with Gasteiger partial charge < -0.3 is 9.47 Å². The lowest BCUT2D eigenvalue weighted by Crippen LogP contribution is -1.99. The summed E-state index contributed by atoms with van der Waals surface area (Å²) in [4.78, 5) is 10.9. The second kappa shape index (κ2) is 4.82. The van der Waals surface area contributed by atoms with E-state index in [2.05, 4.69) is 13.8 Å². The van der Waals surface area contributed by atoms with E-state index in [0.717, 1.165) is 11.8 Å². The Bertz CT molecular complexity index is 331. The molecule has 1 rings (SSSR count). The summed E-state index contributed by atoms with van der Waals surface area (Å²) in [6.45, 7) is 4.16. The Hall–Kier alpha value is -1.51. The summed E-state index contributed by atoms with van der Waals surface area (Å²) >= 11 is 0. The number of benzene rings is 1. The van der Waals surface area contributed by atoms with Crippen LogP contribution in [0.5, 0.6) is 11.5 Å². The lowest BCUT2D eigenvalue weighted by atomic mass is 10.0. The molecule has 0 unspecified atom stereocenters. The van der Waals surface area contributed by atoms with E-state index >= 15 is 0 Å². The highest BCUT2D eigenvalue weighted by Gasteiger charge is 2.12. The van der Waals surface area contributed by atoms with E-state index in [9.17, 15) is 4.79 Å². The van der Waals surface area contributed by atoms with Crippen molar-refractivity contribution in [2.24, 2.45) is 0 Å². The van der Waals surface area contributed by atoms with Crippen LogP contribution >= 0.6 is 0 Å². The minimum Gasteiger partial charge on any atom is -0.496 e. The van der Waals surface area contributed by atoms with Crippen molar-refractivity contribution in [1.82, 2.24) is 0 Å². The summed E-state index contributed by atoms with van der Waals surface area (Å²) in [5.41, 5.74) is 1.55. The Kier molecular flexibility index (Phi) is 3.72. The third-order valence-corrected chi connectivity index (χ3v) is 2.35. The molecule has 0 saturated carbocycles. The number of hydrogen-bond acceptors (Lipinski definition) is 3. The lowest BCUT2D eigenvalue weighted by molar-refractivity contribution is 0.111. The van der Waals surface area contributed by atoms with Crippen LogP contribution in [0.4, 0.5) is 0 Å². The Morgan fingerprint density at radius 2 is 1.60 bits per heavy atom. The van der Waals surface area contributed by atoms with E-state index in [1.54, 1.807) is 14.2 Å². The molecular weight excluding hydrogens is 192 g/mol. The van der Waals surface area contributed by atoms with Gasteiger partial charge in [0.2, 0.25) is 0 Å². The second-order valence-corrected chi connectivity index (χ2v) is 3.61. The van der Waals surface area contributed by atoms with Gasteiger partial charge in [0.05, 0.1) is 19.8 Å². The maximum atomic E-state index is 10.9. The zero-order chi connectivity index (χ0) is 11.4. The monoisotopic (exact) mass is 208 g/mol. The van der Waals surface area contributed by atoms with Crippen LogP contribution < -0.4 is 9.47 Å². The molecule has 0 fully saturated rings. The van der Waals surface area contributed by atoms with Crippen molar-refractivity contribution in [2.75, 3.05) is 14.2 Å². The molecule has 3 heteroatoms. The highest BCUT2D eigenvalue weighted by atomic mass is 16.5. The molecule has 3 nitrogen and oxygen atoms in total. The van der Waals surface area contributed by atoms with Gasteiger partial charge in [-0.3, -0.25) is 4.79 Å². The molecule has 0 amide bonds.